The summed E-state index contributed by atoms with van der Waals surface area (Å²) in [6, 6.07) is 14.2. The number of hydrogen-bond acceptors (Lipinski definition) is 8. The molecule has 2 aliphatic rings. The van der Waals surface area contributed by atoms with Crippen molar-refractivity contribution in [2.24, 2.45) is 0 Å². The molecule has 0 spiro atoms. The van der Waals surface area contributed by atoms with Crippen molar-refractivity contribution in [3.8, 4) is 5.75 Å². The molecule has 1 saturated heterocycles. The number of aromatic nitrogens is 2. The number of phenolic OH excluding ortho intramolecular Hbond substituents is 1. The molecule has 9 heteroatoms. The van der Waals surface area contributed by atoms with Gasteiger partial charge < -0.3 is 15.7 Å². The standard InChI is InChI=1S/C25H25N5O3S/c31-21-8-3-16-11-15(1-2-17(16)12-21)14-27-18-4-6-19(7-5-18)28-24-26-10-9-20(29-24)13-22-23(32)30-25(33)34-22/h1-3,8-13,18-19,27,31H,4-7,14H2,(H,26,28,29)(H,30,32,33)/b22-13+. The number of amides is 2. The smallest absolute Gasteiger partial charge is 0.290 e. The monoisotopic (exact) mass is 475 g/mol. The molecule has 4 N–H and O–H groups in total. The van der Waals surface area contributed by atoms with Gasteiger partial charge in [0.15, 0.2) is 0 Å². The van der Waals surface area contributed by atoms with Crippen LogP contribution in [0, 0.1) is 0 Å². The van der Waals surface area contributed by atoms with Crippen LogP contribution in [0.4, 0.5) is 10.7 Å². The van der Waals surface area contributed by atoms with Crippen molar-refractivity contribution in [3.05, 3.63) is 64.8 Å². The molecule has 1 aliphatic heterocycles. The maximum atomic E-state index is 11.7. The predicted molar refractivity (Wildman–Crippen MR) is 133 cm³/mol. The number of benzene rings is 2. The van der Waals surface area contributed by atoms with Crippen molar-refractivity contribution in [3.63, 3.8) is 0 Å². The maximum Gasteiger partial charge on any atom is 0.290 e. The van der Waals surface area contributed by atoms with Crippen LogP contribution in [-0.2, 0) is 11.3 Å². The van der Waals surface area contributed by atoms with Crippen molar-refractivity contribution < 1.29 is 14.7 Å². The molecule has 5 rings (SSSR count). The zero-order valence-corrected chi connectivity index (χ0v) is 19.3. The average molecular weight is 476 g/mol. The fourth-order valence-electron chi connectivity index (χ4n) is 4.36. The number of nitrogens with one attached hydrogen (secondary N) is 3. The minimum absolute atomic E-state index is 0.287. The van der Waals surface area contributed by atoms with Crippen LogP contribution < -0.4 is 16.0 Å². The lowest BCUT2D eigenvalue weighted by molar-refractivity contribution is -0.115. The number of rotatable bonds is 6. The first-order valence-electron chi connectivity index (χ1n) is 11.3. The largest absolute Gasteiger partial charge is 0.508 e. The van der Waals surface area contributed by atoms with Crippen LogP contribution in [0.2, 0.25) is 0 Å². The summed E-state index contributed by atoms with van der Waals surface area (Å²) in [5, 5.41) is 20.7. The normalized spacial score (nSPS) is 21.7. The molecule has 0 radical (unpaired) electrons. The van der Waals surface area contributed by atoms with Crippen LogP contribution in [0.5, 0.6) is 5.75 Å². The van der Waals surface area contributed by atoms with Crippen LogP contribution >= 0.6 is 11.8 Å². The summed E-state index contributed by atoms with van der Waals surface area (Å²) >= 11 is 0.878. The molecule has 2 amide bonds. The zero-order valence-electron chi connectivity index (χ0n) is 18.5. The molecule has 3 aromatic rings. The van der Waals surface area contributed by atoms with Gasteiger partial charge in [0.05, 0.1) is 10.6 Å². The van der Waals surface area contributed by atoms with Crippen molar-refractivity contribution in [2.45, 2.75) is 44.3 Å². The second-order valence-corrected chi connectivity index (χ2v) is 9.61. The zero-order chi connectivity index (χ0) is 23.5. The lowest BCUT2D eigenvalue weighted by atomic mass is 9.91. The lowest BCUT2D eigenvalue weighted by Crippen LogP contribution is -2.36. The van der Waals surface area contributed by atoms with E-state index in [0.29, 0.717) is 28.6 Å². The molecule has 2 heterocycles. The van der Waals surface area contributed by atoms with E-state index < -0.39 is 5.91 Å². The van der Waals surface area contributed by atoms with Gasteiger partial charge in [-0.2, -0.15) is 0 Å². The van der Waals surface area contributed by atoms with Crippen molar-refractivity contribution >= 4 is 45.7 Å². The summed E-state index contributed by atoms with van der Waals surface area (Å²) < 4.78 is 0. The topological polar surface area (TPSA) is 116 Å². The van der Waals surface area contributed by atoms with Crippen LogP contribution in [0.1, 0.15) is 36.9 Å². The van der Waals surface area contributed by atoms with Gasteiger partial charge in [-0.25, -0.2) is 9.97 Å². The van der Waals surface area contributed by atoms with E-state index in [1.807, 2.05) is 12.1 Å². The van der Waals surface area contributed by atoms with Gasteiger partial charge >= 0.3 is 0 Å². The van der Waals surface area contributed by atoms with Gasteiger partial charge in [0, 0.05) is 24.8 Å². The quantitative estimate of drug-likeness (QED) is 0.393. The Morgan fingerprint density at radius 3 is 2.59 bits per heavy atom. The predicted octanol–water partition coefficient (Wildman–Crippen LogP) is 4.17. The molecule has 1 aromatic heterocycles. The van der Waals surface area contributed by atoms with Crippen LogP contribution in [0.15, 0.2) is 53.6 Å². The Morgan fingerprint density at radius 2 is 1.79 bits per heavy atom. The maximum absolute atomic E-state index is 11.7. The first-order chi connectivity index (χ1) is 16.5. The summed E-state index contributed by atoms with van der Waals surface area (Å²) in [6.45, 7) is 0.813. The summed E-state index contributed by atoms with van der Waals surface area (Å²) in [4.78, 5) is 32.2. The highest BCUT2D eigenvalue weighted by Gasteiger charge is 2.25. The first kappa shape index (κ1) is 22.4. The van der Waals surface area contributed by atoms with Gasteiger partial charge in [-0.1, -0.05) is 18.2 Å². The first-order valence-corrected chi connectivity index (χ1v) is 12.1. The number of carbonyl (C=O) groups excluding carboxylic acids is 2. The molecule has 0 atom stereocenters. The van der Waals surface area contributed by atoms with Gasteiger partial charge in [-0.3, -0.25) is 14.9 Å². The molecule has 1 saturated carbocycles. The summed E-state index contributed by atoms with van der Waals surface area (Å²) in [5.74, 6) is 0.425. The van der Waals surface area contributed by atoms with E-state index in [0.717, 1.165) is 54.8 Å². The SMILES string of the molecule is O=C1NC(=O)/C(=C\c2ccnc(NC3CCC(NCc4ccc5cc(O)ccc5c4)CC3)n2)S1. The number of anilines is 1. The van der Waals surface area contributed by atoms with E-state index in [4.69, 9.17) is 0 Å². The highest BCUT2D eigenvalue weighted by Crippen LogP contribution is 2.26. The van der Waals surface area contributed by atoms with Crippen molar-refractivity contribution in [1.29, 1.82) is 0 Å². The third-order valence-electron chi connectivity index (χ3n) is 6.14. The van der Waals surface area contributed by atoms with E-state index in [1.165, 1.54) is 5.56 Å². The molecule has 34 heavy (non-hydrogen) atoms. The lowest BCUT2D eigenvalue weighted by Gasteiger charge is -2.30. The second-order valence-electron chi connectivity index (χ2n) is 8.60. The minimum Gasteiger partial charge on any atom is -0.508 e. The fourth-order valence-corrected chi connectivity index (χ4v) is 5.02. The molecule has 2 aromatic carbocycles. The summed E-state index contributed by atoms with van der Waals surface area (Å²) in [6.07, 6.45) is 7.39. The Balaban J connectivity index is 1.12. The van der Waals surface area contributed by atoms with Crippen LogP contribution in [0.25, 0.3) is 16.8 Å². The Morgan fingerprint density at radius 1 is 1.03 bits per heavy atom. The number of hydrogen-bond donors (Lipinski definition) is 4. The Hall–Kier alpha value is -3.43. The van der Waals surface area contributed by atoms with E-state index >= 15 is 0 Å². The number of aromatic hydroxyl groups is 1. The number of carbonyl (C=O) groups is 2. The van der Waals surface area contributed by atoms with Crippen molar-refractivity contribution in [1.82, 2.24) is 20.6 Å². The van der Waals surface area contributed by atoms with E-state index in [9.17, 15) is 14.7 Å². The molecule has 0 bridgehead atoms. The van der Waals surface area contributed by atoms with Gasteiger partial charge in [0.1, 0.15) is 5.75 Å². The average Bonchev–Trinajstić information content (AvgIpc) is 3.15. The second kappa shape index (κ2) is 9.82. The molecule has 0 unspecified atom stereocenters. The Labute approximate surface area is 201 Å². The molecule has 1 aliphatic carbocycles. The molecular formula is C25H25N5O3S. The third kappa shape index (κ3) is 5.37. The Bertz CT molecular complexity index is 1270. The fraction of sp³-hybridized carbons (Fsp3) is 0.280. The molecule has 174 valence electrons. The van der Waals surface area contributed by atoms with Gasteiger partial charge in [0.25, 0.3) is 11.1 Å². The highest BCUT2D eigenvalue weighted by molar-refractivity contribution is 8.18. The van der Waals surface area contributed by atoms with Crippen molar-refractivity contribution in [2.75, 3.05) is 5.32 Å². The van der Waals surface area contributed by atoms with E-state index in [1.54, 1.807) is 30.5 Å². The highest BCUT2D eigenvalue weighted by atomic mass is 32.2. The van der Waals surface area contributed by atoms with E-state index in [-0.39, 0.29) is 11.0 Å². The van der Waals surface area contributed by atoms with Crippen LogP contribution in [0.3, 0.4) is 0 Å². The molecule has 2 fully saturated rings. The number of imide groups is 1. The number of thioether (sulfide) groups is 1. The Kier molecular flexibility index (Phi) is 6.46. The summed E-state index contributed by atoms with van der Waals surface area (Å²) in [5.41, 5.74) is 1.82. The summed E-state index contributed by atoms with van der Waals surface area (Å²) in [7, 11) is 0. The molecule has 8 nitrogen and oxygen atoms in total. The third-order valence-corrected chi connectivity index (χ3v) is 6.95. The number of phenols is 1. The minimum atomic E-state index is -0.392. The van der Waals surface area contributed by atoms with Gasteiger partial charge in [-0.15, -0.1) is 0 Å². The van der Waals surface area contributed by atoms with Gasteiger partial charge in [-0.05, 0) is 84.1 Å². The number of nitrogens with zero attached hydrogens (tertiary/aromatic N) is 2. The van der Waals surface area contributed by atoms with Crippen LogP contribution in [-0.4, -0.2) is 38.3 Å². The molecular weight excluding hydrogens is 450 g/mol. The van der Waals surface area contributed by atoms with Gasteiger partial charge in [0.2, 0.25) is 5.95 Å². The number of fused-ring (bicyclic) bond motifs is 1. The van der Waals surface area contributed by atoms with E-state index in [2.05, 4.69) is 38.1 Å².